The summed E-state index contributed by atoms with van der Waals surface area (Å²) in [5.41, 5.74) is 1.88. The first-order chi connectivity index (χ1) is 14.0. The molecule has 7 heteroatoms. The van der Waals surface area contributed by atoms with E-state index in [1.807, 2.05) is 43.3 Å². The molecule has 0 saturated heterocycles. The molecule has 0 aliphatic rings. The van der Waals surface area contributed by atoms with Gasteiger partial charge in [-0.05, 0) is 55.3 Å². The Kier molecular flexibility index (Phi) is 5.90. The highest BCUT2D eigenvalue weighted by Gasteiger charge is 2.16. The van der Waals surface area contributed by atoms with Gasteiger partial charge in [-0.2, -0.15) is 0 Å². The van der Waals surface area contributed by atoms with Crippen LogP contribution in [0.3, 0.4) is 0 Å². The van der Waals surface area contributed by atoms with E-state index in [2.05, 4.69) is 4.98 Å². The molecule has 0 spiro atoms. The maximum absolute atomic E-state index is 13.2. The van der Waals surface area contributed by atoms with Gasteiger partial charge in [-0.25, -0.2) is 4.98 Å². The van der Waals surface area contributed by atoms with Crippen molar-refractivity contribution in [3.8, 4) is 16.9 Å². The molecular weight excluding hydrogens is 427 g/mol. The second kappa shape index (κ2) is 8.57. The molecule has 4 nitrogen and oxygen atoms in total. The zero-order chi connectivity index (χ0) is 20.4. The average molecular weight is 445 g/mol. The highest BCUT2D eigenvalue weighted by atomic mass is 35.5. The molecule has 0 atom stereocenters. The van der Waals surface area contributed by atoms with Crippen LogP contribution in [-0.4, -0.2) is 16.2 Å². The van der Waals surface area contributed by atoms with Gasteiger partial charge in [0.15, 0.2) is 0 Å². The fraction of sp³-hybridized carbons (Fsp3) is 0.182. The molecule has 4 rings (SSSR count). The first-order valence-corrected chi connectivity index (χ1v) is 10.7. The topological polar surface area (TPSA) is 44.1 Å². The third-order valence-corrected chi connectivity index (χ3v) is 6.13. The monoisotopic (exact) mass is 444 g/mol. The van der Waals surface area contributed by atoms with Gasteiger partial charge in [0.25, 0.3) is 5.56 Å². The lowest BCUT2D eigenvalue weighted by Gasteiger charge is -2.08. The van der Waals surface area contributed by atoms with Crippen LogP contribution < -0.4 is 10.3 Å². The summed E-state index contributed by atoms with van der Waals surface area (Å²) in [7, 11) is 0. The van der Waals surface area contributed by atoms with Gasteiger partial charge in [-0.15, -0.1) is 11.3 Å². The number of aromatic nitrogens is 2. The number of thiophene rings is 1. The molecule has 148 valence electrons. The van der Waals surface area contributed by atoms with E-state index in [4.69, 9.17) is 27.9 Å². The van der Waals surface area contributed by atoms with Gasteiger partial charge in [0, 0.05) is 27.0 Å². The van der Waals surface area contributed by atoms with Gasteiger partial charge in [0.05, 0.1) is 18.3 Å². The van der Waals surface area contributed by atoms with Gasteiger partial charge in [0.1, 0.15) is 10.6 Å². The number of benzene rings is 2. The zero-order valence-corrected chi connectivity index (χ0v) is 18.0. The molecule has 0 saturated carbocycles. The van der Waals surface area contributed by atoms with Crippen molar-refractivity contribution in [2.24, 2.45) is 0 Å². The van der Waals surface area contributed by atoms with E-state index in [1.165, 1.54) is 11.3 Å². The number of rotatable bonds is 6. The Hall–Kier alpha value is -2.34. The predicted molar refractivity (Wildman–Crippen MR) is 121 cm³/mol. The third kappa shape index (κ3) is 4.32. The summed E-state index contributed by atoms with van der Waals surface area (Å²) in [5, 5.41) is 2.00. The largest absolute Gasteiger partial charge is 0.494 e. The van der Waals surface area contributed by atoms with Crippen molar-refractivity contribution in [3.63, 3.8) is 0 Å². The Balaban J connectivity index is 1.55. The molecule has 2 aromatic carbocycles. The first-order valence-electron chi connectivity index (χ1n) is 9.16. The van der Waals surface area contributed by atoms with Crippen LogP contribution in [0.5, 0.6) is 5.75 Å². The fourth-order valence-electron chi connectivity index (χ4n) is 3.22. The SMILES string of the molecule is Cc1sc2ncn(CCCOc3ccc(Cl)cc3)c(=O)c2c1-c1ccc(Cl)cc1. The number of fused-ring (bicyclic) bond motifs is 1. The van der Waals surface area contributed by atoms with Crippen LogP contribution in [0.2, 0.25) is 10.0 Å². The minimum absolute atomic E-state index is 0.0317. The van der Waals surface area contributed by atoms with Crippen LogP contribution >= 0.6 is 34.5 Å². The maximum Gasteiger partial charge on any atom is 0.262 e. The van der Waals surface area contributed by atoms with E-state index in [0.717, 1.165) is 26.6 Å². The van der Waals surface area contributed by atoms with Crippen LogP contribution in [0.1, 0.15) is 11.3 Å². The lowest BCUT2D eigenvalue weighted by molar-refractivity contribution is 0.301. The molecule has 2 aromatic heterocycles. The first kappa shape index (κ1) is 20.0. The van der Waals surface area contributed by atoms with E-state index >= 15 is 0 Å². The standard InChI is InChI=1S/C22H18Cl2N2O2S/c1-14-19(15-3-5-16(23)6-4-15)20-21(29-14)25-13-26(22(20)27)11-2-12-28-18-9-7-17(24)8-10-18/h3-10,13H,2,11-12H2,1H3. The van der Waals surface area contributed by atoms with Gasteiger partial charge in [-0.1, -0.05) is 35.3 Å². The molecule has 0 bridgehead atoms. The summed E-state index contributed by atoms with van der Waals surface area (Å²) in [6.45, 7) is 3.04. The summed E-state index contributed by atoms with van der Waals surface area (Å²) in [6, 6.07) is 14.8. The average Bonchev–Trinajstić information content (AvgIpc) is 3.05. The fourth-order valence-corrected chi connectivity index (χ4v) is 4.47. The highest BCUT2D eigenvalue weighted by Crippen LogP contribution is 2.35. The van der Waals surface area contributed by atoms with E-state index in [-0.39, 0.29) is 5.56 Å². The number of nitrogens with zero attached hydrogens (tertiary/aromatic N) is 2. The third-order valence-electron chi connectivity index (χ3n) is 4.61. The van der Waals surface area contributed by atoms with Crippen molar-refractivity contribution < 1.29 is 4.74 Å². The van der Waals surface area contributed by atoms with E-state index in [0.29, 0.717) is 35.0 Å². The Bertz CT molecular complexity index is 1200. The second-order valence-corrected chi connectivity index (χ2v) is 8.70. The molecule has 2 heterocycles. The van der Waals surface area contributed by atoms with E-state index < -0.39 is 0 Å². The van der Waals surface area contributed by atoms with Crippen LogP contribution in [0.15, 0.2) is 59.7 Å². The minimum atomic E-state index is -0.0317. The van der Waals surface area contributed by atoms with Crippen LogP contribution in [0, 0.1) is 6.92 Å². The number of hydrogen-bond acceptors (Lipinski definition) is 4. The molecule has 0 amide bonds. The molecule has 0 unspecified atom stereocenters. The Morgan fingerprint density at radius 3 is 2.38 bits per heavy atom. The normalized spacial score (nSPS) is 11.1. The van der Waals surface area contributed by atoms with Crippen molar-refractivity contribution >= 4 is 44.8 Å². The lowest BCUT2D eigenvalue weighted by atomic mass is 10.0. The van der Waals surface area contributed by atoms with Crippen molar-refractivity contribution in [1.82, 2.24) is 9.55 Å². The summed E-state index contributed by atoms with van der Waals surface area (Å²) < 4.78 is 7.37. The molecular formula is C22H18Cl2N2O2S. The summed E-state index contributed by atoms with van der Waals surface area (Å²) in [6.07, 6.45) is 2.31. The van der Waals surface area contributed by atoms with Gasteiger partial charge in [-0.3, -0.25) is 9.36 Å². The van der Waals surface area contributed by atoms with Crippen LogP contribution in [0.4, 0.5) is 0 Å². The summed E-state index contributed by atoms with van der Waals surface area (Å²) in [4.78, 5) is 19.5. The molecule has 0 N–H and O–H groups in total. The van der Waals surface area contributed by atoms with Crippen molar-refractivity contribution in [2.45, 2.75) is 19.9 Å². The Morgan fingerprint density at radius 2 is 1.69 bits per heavy atom. The lowest BCUT2D eigenvalue weighted by Crippen LogP contribution is -2.21. The molecule has 0 fully saturated rings. The van der Waals surface area contributed by atoms with Gasteiger partial charge >= 0.3 is 0 Å². The van der Waals surface area contributed by atoms with Gasteiger partial charge < -0.3 is 4.74 Å². The summed E-state index contributed by atoms with van der Waals surface area (Å²) in [5.74, 6) is 0.758. The van der Waals surface area contributed by atoms with Crippen LogP contribution in [0.25, 0.3) is 21.3 Å². The quantitative estimate of drug-likeness (QED) is 0.332. The van der Waals surface area contributed by atoms with Crippen molar-refractivity contribution in [1.29, 1.82) is 0 Å². The van der Waals surface area contributed by atoms with Crippen molar-refractivity contribution in [3.05, 3.63) is 80.1 Å². The number of halogens is 2. The molecule has 0 aliphatic heterocycles. The number of ether oxygens (including phenoxy) is 1. The minimum Gasteiger partial charge on any atom is -0.494 e. The molecule has 4 aromatic rings. The number of hydrogen-bond donors (Lipinski definition) is 0. The molecule has 29 heavy (non-hydrogen) atoms. The van der Waals surface area contributed by atoms with Crippen molar-refractivity contribution in [2.75, 3.05) is 6.61 Å². The highest BCUT2D eigenvalue weighted by molar-refractivity contribution is 7.19. The predicted octanol–water partition coefficient (Wildman–Crippen LogP) is 6.21. The van der Waals surface area contributed by atoms with Crippen LogP contribution in [-0.2, 0) is 6.54 Å². The zero-order valence-electron chi connectivity index (χ0n) is 15.7. The van der Waals surface area contributed by atoms with E-state index in [1.54, 1.807) is 23.0 Å². The smallest absolute Gasteiger partial charge is 0.262 e. The summed E-state index contributed by atoms with van der Waals surface area (Å²) >= 11 is 13.4. The van der Waals surface area contributed by atoms with E-state index in [9.17, 15) is 4.79 Å². The van der Waals surface area contributed by atoms with Gasteiger partial charge in [0.2, 0.25) is 0 Å². The maximum atomic E-state index is 13.2. The Morgan fingerprint density at radius 1 is 1.03 bits per heavy atom. The molecule has 0 radical (unpaired) electrons. The molecule has 0 aliphatic carbocycles. The Labute approximate surface area is 182 Å². The number of aryl methyl sites for hydroxylation is 2. The second-order valence-electron chi connectivity index (χ2n) is 6.62.